The van der Waals surface area contributed by atoms with Crippen molar-refractivity contribution in [2.75, 3.05) is 0 Å². The first kappa shape index (κ1) is 17.0. The van der Waals surface area contributed by atoms with Crippen LogP contribution in [0.1, 0.15) is 10.4 Å². The summed E-state index contributed by atoms with van der Waals surface area (Å²) in [5, 5.41) is 21.8. The fourth-order valence-corrected chi connectivity index (χ4v) is 3.82. The summed E-state index contributed by atoms with van der Waals surface area (Å²) in [6.45, 7) is 0. The average molecular weight is 382 g/mol. The van der Waals surface area contributed by atoms with Crippen molar-refractivity contribution in [3.8, 4) is 28.2 Å². The van der Waals surface area contributed by atoms with E-state index in [0.29, 0.717) is 28.0 Å². The van der Waals surface area contributed by atoms with Gasteiger partial charge in [0.05, 0.1) is 5.56 Å². The highest BCUT2D eigenvalue weighted by Crippen LogP contribution is 2.43. The molecule has 0 aromatic heterocycles. The summed E-state index contributed by atoms with van der Waals surface area (Å²) < 4.78 is 6.11. The molecule has 0 atom stereocenters. The first-order chi connectivity index (χ1) is 14.0. The van der Waals surface area contributed by atoms with Crippen LogP contribution in [0.5, 0.6) is 5.75 Å². The molecule has 0 amide bonds. The molecule has 0 bridgehead atoms. The molecular weight excluding hydrogens is 368 g/mol. The van der Waals surface area contributed by atoms with Crippen LogP contribution in [-0.4, -0.2) is 16.2 Å². The van der Waals surface area contributed by atoms with Crippen LogP contribution in [0.4, 0.5) is 0 Å². The highest BCUT2D eigenvalue weighted by molar-refractivity contribution is 6.14. The lowest BCUT2D eigenvalue weighted by Crippen LogP contribution is -2.03. The van der Waals surface area contributed by atoms with Gasteiger partial charge in [-0.1, -0.05) is 24.3 Å². The van der Waals surface area contributed by atoms with Crippen LogP contribution in [0, 0.1) is 0 Å². The second kappa shape index (κ2) is 6.21. The molecule has 0 spiro atoms. The Morgan fingerprint density at radius 2 is 1.62 bits per heavy atom. The molecule has 0 fully saturated rings. The van der Waals surface area contributed by atoms with Crippen LogP contribution in [-0.2, 0) is 0 Å². The van der Waals surface area contributed by atoms with Gasteiger partial charge in [0.15, 0.2) is 5.43 Å². The predicted molar refractivity (Wildman–Crippen MR) is 111 cm³/mol. The molecule has 1 heterocycles. The largest absolute Gasteiger partial charge is 0.508 e. The van der Waals surface area contributed by atoms with Crippen molar-refractivity contribution in [3.63, 3.8) is 0 Å². The number of benzene rings is 4. The maximum Gasteiger partial charge on any atom is 0.336 e. The maximum atomic E-state index is 12.0. The van der Waals surface area contributed by atoms with Crippen LogP contribution in [0.2, 0.25) is 0 Å². The van der Waals surface area contributed by atoms with Gasteiger partial charge in [-0.25, -0.2) is 4.79 Å². The number of aromatic hydroxyl groups is 1. The van der Waals surface area contributed by atoms with E-state index >= 15 is 0 Å². The quantitative estimate of drug-likeness (QED) is 0.327. The Kier molecular flexibility index (Phi) is 3.64. The molecule has 0 saturated heterocycles. The molecule has 3 aromatic rings. The summed E-state index contributed by atoms with van der Waals surface area (Å²) in [5.41, 5.74) is 2.38. The van der Waals surface area contributed by atoms with Crippen molar-refractivity contribution in [1.29, 1.82) is 0 Å². The average Bonchev–Trinajstić information content (AvgIpc) is 2.71. The minimum atomic E-state index is -1.03. The number of carbonyl (C=O) groups is 1. The minimum absolute atomic E-state index is 0.135. The highest BCUT2D eigenvalue weighted by atomic mass is 16.4. The van der Waals surface area contributed by atoms with Gasteiger partial charge in [0.2, 0.25) is 0 Å². The molecule has 1 aliphatic carbocycles. The van der Waals surface area contributed by atoms with E-state index in [4.69, 9.17) is 4.42 Å². The Bertz CT molecular complexity index is 1460. The molecule has 2 aliphatic rings. The lowest BCUT2D eigenvalue weighted by atomic mass is 9.90. The standard InChI is InChI=1S/C24H14O5/c25-14-6-9-16-13(11-14)5-8-20-22(17-3-1-2-4-18(17)24(27)28)19-10-7-15(26)12-21(19)29-23(16)20/h1-12,25H,(H,27,28). The minimum Gasteiger partial charge on any atom is -0.508 e. The maximum absolute atomic E-state index is 12.0. The van der Waals surface area contributed by atoms with Crippen LogP contribution < -0.4 is 5.43 Å². The topological polar surface area (TPSA) is 87.7 Å². The molecule has 0 unspecified atom stereocenters. The zero-order chi connectivity index (χ0) is 20.1. The smallest absolute Gasteiger partial charge is 0.336 e. The summed E-state index contributed by atoms with van der Waals surface area (Å²) >= 11 is 0. The molecule has 1 aliphatic heterocycles. The van der Waals surface area contributed by atoms with Crippen LogP contribution >= 0.6 is 0 Å². The first-order valence-electron chi connectivity index (χ1n) is 8.98. The van der Waals surface area contributed by atoms with Gasteiger partial charge in [-0.05, 0) is 53.4 Å². The van der Waals surface area contributed by atoms with Gasteiger partial charge in [-0.3, -0.25) is 4.79 Å². The fourth-order valence-electron chi connectivity index (χ4n) is 3.82. The lowest BCUT2D eigenvalue weighted by molar-refractivity contribution is 0.0697. The summed E-state index contributed by atoms with van der Waals surface area (Å²) in [5.74, 6) is -0.523. The van der Waals surface area contributed by atoms with E-state index in [1.54, 1.807) is 48.5 Å². The number of rotatable bonds is 2. The third-order valence-corrected chi connectivity index (χ3v) is 5.08. The number of hydrogen-bond donors (Lipinski definition) is 2. The molecular formula is C24H14O5. The molecule has 0 radical (unpaired) electrons. The molecule has 140 valence electrons. The zero-order valence-electron chi connectivity index (χ0n) is 15.0. The third kappa shape index (κ3) is 2.63. The van der Waals surface area contributed by atoms with E-state index in [2.05, 4.69) is 0 Å². The first-order valence-corrected chi connectivity index (χ1v) is 8.98. The number of carboxylic acid groups (broad SMARTS) is 1. The Balaban J connectivity index is 2.03. The second-order valence-corrected chi connectivity index (χ2v) is 6.83. The van der Waals surface area contributed by atoms with E-state index in [1.165, 1.54) is 12.1 Å². The summed E-state index contributed by atoms with van der Waals surface area (Å²) in [4.78, 5) is 23.8. The third-order valence-electron chi connectivity index (χ3n) is 5.08. The van der Waals surface area contributed by atoms with Crippen molar-refractivity contribution in [3.05, 3.63) is 88.6 Å². The van der Waals surface area contributed by atoms with Gasteiger partial charge in [0, 0.05) is 28.0 Å². The van der Waals surface area contributed by atoms with Crippen LogP contribution in [0.3, 0.4) is 0 Å². The Labute approximate surface area is 164 Å². The fraction of sp³-hybridized carbons (Fsp3) is 0. The van der Waals surface area contributed by atoms with E-state index in [1.807, 2.05) is 12.1 Å². The number of carboxylic acids is 1. The predicted octanol–water partition coefficient (Wildman–Crippen LogP) is 5.12. The van der Waals surface area contributed by atoms with Gasteiger partial charge >= 0.3 is 5.97 Å². The van der Waals surface area contributed by atoms with Crippen molar-refractivity contribution in [2.45, 2.75) is 0 Å². The van der Waals surface area contributed by atoms with Gasteiger partial charge < -0.3 is 14.6 Å². The van der Waals surface area contributed by atoms with Gasteiger partial charge in [-0.2, -0.15) is 0 Å². The monoisotopic (exact) mass is 382 g/mol. The van der Waals surface area contributed by atoms with Crippen molar-refractivity contribution in [2.24, 2.45) is 0 Å². The van der Waals surface area contributed by atoms with E-state index in [-0.39, 0.29) is 16.7 Å². The molecule has 5 rings (SSSR count). The van der Waals surface area contributed by atoms with E-state index in [9.17, 15) is 19.8 Å². The number of phenolic OH excluding ortho intramolecular Hbond substituents is 1. The zero-order valence-corrected chi connectivity index (χ0v) is 15.0. The molecule has 29 heavy (non-hydrogen) atoms. The van der Waals surface area contributed by atoms with Gasteiger partial charge in [-0.15, -0.1) is 0 Å². The molecule has 5 heteroatoms. The van der Waals surface area contributed by atoms with Crippen molar-refractivity contribution >= 4 is 27.7 Å². The SMILES string of the molecule is O=C(O)c1ccccc1-c1c2ccc(=O)cc-2oc2c1ccc1cc(O)ccc12. The normalized spacial score (nSPS) is 11.3. The lowest BCUT2D eigenvalue weighted by Gasteiger charge is -2.17. The summed E-state index contributed by atoms with van der Waals surface area (Å²) in [6, 6.07) is 19.9. The van der Waals surface area contributed by atoms with Crippen LogP contribution in [0.15, 0.2) is 82.0 Å². The molecule has 2 N–H and O–H groups in total. The van der Waals surface area contributed by atoms with Gasteiger partial charge in [0.1, 0.15) is 17.1 Å². The number of hydrogen-bond acceptors (Lipinski definition) is 4. The van der Waals surface area contributed by atoms with Crippen molar-refractivity contribution < 1.29 is 19.4 Å². The van der Waals surface area contributed by atoms with Gasteiger partial charge in [0.25, 0.3) is 0 Å². The number of fused-ring (bicyclic) bond motifs is 4. The van der Waals surface area contributed by atoms with E-state index < -0.39 is 5.97 Å². The number of aromatic carboxylic acids is 1. The molecule has 5 nitrogen and oxygen atoms in total. The Hall–Kier alpha value is -4.12. The Morgan fingerprint density at radius 1 is 0.828 bits per heavy atom. The molecule has 3 aromatic carbocycles. The number of phenols is 1. The Morgan fingerprint density at radius 3 is 2.45 bits per heavy atom. The van der Waals surface area contributed by atoms with Crippen LogP contribution in [0.25, 0.3) is 44.2 Å². The van der Waals surface area contributed by atoms with E-state index in [0.717, 1.165) is 16.2 Å². The summed E-state index contributed by atoms with van der Waals surface area (Å²) in [7, 11) is 0. The molecule has 0 saturated carbocycles. The highest BCUT2D eigenvalue weighted by Gasteiger charge is 2.22. The second-order valence-electron chi connectivity index (χ2n) is 6.83. The van der Waals surface area contributed by atoms with Crippen molar-refractivity contribution in [1.82, 2.24) is 0 Å². The summed E-state index contributed by atoms with van der Waals surface area (Å²) in [6.07, 6.45) is 0.